The summed E-state index contributed by atoms with van der Waals surface area (Å²) in [5.41, 5.74) is 2.36. The standard InChI is InChI=1S/C27H25ClN4O3/c28-19-10-13-21-18(15-19)16-24(29-21)27(35)31-23-6-2-1-5-22(23)30-26(34)17-8-11-20(12-9-17)32-14-4-3-7-25(32)33/h3-4,7-16,22-23,29H,1-2,5-6H2,(H,30,34)(H,31,35). The first-order valence-electron chi connectivity index (χ1n) is 11.7. The van der Waals surface area contributed by atoms with Crippen LogP contribution in [0.1, 0.15) is 46.5 Å². The van der Waals surface area contributed by atoms with Crippen LogP contribution in [0.3, 0.4) is 0 Å². The molecular formula is C27H25ClN4O3. The fourth-order valence-electron chi connectivity index (χ4n) is 4.61. The van der Waals surface area contributed by atoms with Crippen LogP contribution in [0.15, 0.2) is 77.7 Å². The lowest BCUT2D eigenvalue weighted by atomic mass is 9.90. The molecular weight excluding hydrogens is 464 g/mol. The van der Waals surface area contributed by atoms with E-state index in [1.54, 1.807) is 54.7 Å². The zero-order chi connectivity index (χ0) is 24.4. The number of hydrogen-bond acceptors (Lipinski definition) is 3. The van der Waals surface area contributed by atoms with Crippen LogP contribution in [-0.4, -0.2) is 33.4 Å². The van der Waals surface area contributed by atoms with Gasteiger partial charge in [0.2, 0.25) is 0 Å². The second-order valence-corrected chi connectivity index (χ2v) is 9.25. The van der Waals surface area contributed by atoms with E-state index in [9.17, 15) is 14.4 Å². The molecule has 2 unspecified atom stereocenters. The predicted octanol–water partition coefficient (Wildman–Crippen LogP) is 4.44. The molecule has 0 aliphatic heterocycles. The Balaban J connectivity index is 1.27. The number of amides is 2. The van der Waals surface area contributed by atoms with Crippen molar-refractivity contribution in [3.63, 3.8) is 0 Å². The van der Waals surface area contributed by atoms with Crippen molar-refractivity contribution in [3.05, 3.63) is 99.6 Å². The van der Waals surface area contributed by atoms with Crippen molar-refractivity contribution in [2.75, 3.05) is 0 Å². The van der Waals surface area contributed by atoms with Gasteiger partial charge >= 0.3 is 0 Å². The molecule has 4 aromatic rings. The maximum absolute atomic E-state index is 13.0. The van der Waals surface area contributed by atoms with Crippen LogP contribution < -0.4 is 16.2 Å². The smallest absolute Gasteiger partial charge is 0.268 e. The number of halogens is 1. The van der Waals surface area contributed by atoms with Gasteiger partial charge in [0.15, 0.2) is 0 Å². The highest BCUT2D eigenvalue weighted by molar-refractivity contribution is 6.31. The minimum atomic E-state index is -0.207. The highest BCUT2D eigenvalue weighted by atomic mass is 35.5. The zero-order valence-corrected chi connectivity index (χ0v) is 19.7. The van der Waals surface area contributed by atoms with Gasteiger partial charge in [-0.25, -0.2) is 0 Å². The molecule has 1 fully saturated rings. The molecule has 35 heavy (non-hydrogen) atoms. The van der Waals surface area contributed by atoms with Crippen molar-refractivity contribution in [1.29, 1.82) is 0 Å². The molecule has 3 N–H and O–H groups in total. The molecule has 178 valence electrons. The Hall–Kier alpha value is -3.84. The summed E-state index contributed by atoms with van der Waals surface area (Å²) >= 11 is 6.06. The highest BCUT2D eigenvalue weighted by Gasteiger charge is 2.28. The van der Waals surface area contributed by atoms with E-state index in [-0.39, 0.29) is 29.5 Å². The molecule has 5 rings (SSSR count). The number of rotatable bonds is 5. The van der Waals surface area contributed by atoms with Gasteiger partial charge in [0.05, 0.1) is 0 Å². The van der Waals surface area contributed by atoms with E-state index in [2.05, 4.69) is 15.6 Å². The first kappa shape index (κ1) is 22.9. The van der Waals surface area contributed by atoms with Gasteiger partial charge in [-0.15, -0.1) is 0 Å². The lowest BCUT2D eigenvalue weighted by Gasteiger charge is -2.32. The van der Waals surface area contributed by atoms with Crippen LogP contribution in [0.5, 0.6) is 0 Å². The number of carbonyl (C=O) groups excluding carboxylic acids is 2. The molecule has 1 aliphatic carbocycles. The Kier molecular flexibility index (Phi) is 6.42. The summed E-state index contributed by atoms with van der Waals surface area (Å²) in [5, 5.41) is 7.68. The first-order chi connectivity index (χ1) is 17.0. The van der Waals surface area contributed by atoms with Crippen molar-refractivity contribution >= 4 is 34.3 Å². The third kappa shape index (κ3) is 5.00. The van der Waals surface area contributed by atoms with Crippen LogP contribution in [0.2, 0.25) is 5.02 Å². The largest absolute Gasteiger partial charge is 0.351 e. The molecule has 0 spiro atoms. The van der Waals surface area contributed by atoms with Gasteiger partial charge in [0.25, 0.3) is 17.4 Å². The minimum absolute atomic E-state index is 0.136. The van der Waals surface area contributed by atoms with Crippen LogP contribution in [0, 0.1) is 0 Å². The SMILES string of the molecule is O=C(NC1CCCCC1NC(=O)c1cc2cc(Cl)ccc2[nH]1)c1ccc(-n2ccccc2=O)cc1. The van der Waals surface area contributed by atoms with Crippen molar-refractivity contribution in [1.82, 2.24) is 20.2 Å². The summed E-state index contributed by atoms with van der Waals surface area (Å²) in [4.78, 5) is 41.1. The van der Waals surface area contributed by atoms with E-state index in [1.165, 1.54) is 10.6 Å². The normalized spacial score (nSPS) is 17.7. The van der Waals surface area contributed by atoms with Crippen LogP contribution >= 0.6 is 11.6 Å². The third-order valence-electron chi connectivity index (χ3n) is 6.46. The van der Waals surface area contributed by atoms with Gasteiger partial charge in [-0.05, 0) is 67.4 Å². The molecule has 2 atom stereocenters. The van der Waals surface area contributed by atoms with Crippen molar-refractivity contribution in [2.24, 2.45) is 0 Å². The van der Waals surface area contributed by atoms with Crippen molar-refractivity contribution in [2.45, 2.75) is 37.8 Å². The summed E-state index contributed by atoms with van der Waals surface area (Å²) in [6, 6.07) is 18.7. The molecule has 0 bridgehead atoms. The summed E-state index contributed by atoms with van der Waals surface area (Å²) in [6.07, 6.45) is 5.24. The van der Waals surface area contributed by atoms with Gasteiger partial charge in [0.1, 0.15) is 5.69 Å². The summed E-state index contributed by atoms with van der Waals surface area (Å²) in [7, 11) is 0. The maximum atomic E-state index is 13.0. The van der Waals surface area contributed by atoms with E-state index in [4.69, 9.17) is 11.6 Å². The van der Waals surface area contributed by atoms with Crippen LogP contribution in [0.25, 0.3) is 16.6 Å². The van der Waals surface area contributed by atoms with Crippen molar-refractivity contribution < 1.29 is 9.59 Å². The summed E-state index contributed by atoms with van der Waals surface area (Å²) in [6.45, 7) is 0. The Morgan fingerprint density at radius 1 is 0.886 bits per heavy atom. The highest BCUT2D eigenvalue weighted by Crippen LogP contribution is 2.22. The third-order valence-corrected chi connectivity index (χ3v) is 6.69. The van der Waals surface area contributed by atoms with E-state index >= 15 is 0 Å². The Bertz CT molecular complexity index is 1440. The second kappa shape index (κ2) is 9.80. The van der Waals surface area contributed by atoms with Gasteiger partial charge in [-0.2, -0.15) is 0 Å². The first-order valence-corrected chi connectivity index (χ1v) is 12.0. The molecule has 2 amide bonds. The molecule has 1 saturated carbocycles. The molecule has 2 aromatic heterocycles. The molecule has 2 aromatic carbocycles. The van der Waals surface area contributed by atoms with Gasteiger partial charge in [-0.3, -0.25) is 19.0 Å². The lowest BCUT2D eigenvalue weighted by molar-refractivity contribution is 0.0860. The number of benzene rings is 2. The van der Waals surface area contributed by atoms with Crippen LogP contribution in [0.4, 0.5) is 0 Å². The number of fused-ring (bicyclic) bond motifs is 1. The molecule has 2 heterocycles. The summed E-state index contributed by atoms with van der Waals surface area (Å²) < 4.78 is 1.52. The van der Waals surface area contributed by atoms with E-state index in [0.29, 0.717) is 22.0 Å². The van der Waals surface area contributed by atoms with Crippen LogP contribution in [-0.2, 0) is 0 Å². The fraction of sp³-hybridized carbons (Fsp3) is 0.222. The number of aromatic amines is 1. The maximum Gasteiger partial charge on any atom is 0.268 e. The van der Waals surface area contributed by atoms with E-state index in [1.807, 2.05) is 12.1 Å². The number of nitrogens with one attached hydrogen (secondary N) is 3. The van der Waals surface area contributed by atoms with Gasteiger partial charge < -0.3 is 15.6 Å². The number of H-pyrrole nitrogens is 1. The molecule has 0 radical (unpaired) electrons. The minimum Gasteiger partial charge on any atom is -0.351 e. The summed E-state index contributed by atoms with van der Waals surface area (Å²) in [5.74, 6) is -0.413. The number of pyridine rings is 1. The number of carbonyl (C=O) groups is 2. The average Bonchev–Trinajstić information content (AvgIpc) is 3.29. The van der Waals surface area contributed by atoms with E-state index < -0.39 is 0 Å². The Morgan fingerprint density at radius 3 is 2.31 bits per heavy atom. The number of aromatic nitrogens is 2. The van der Waals surface area contributed by atoms with E-state index in [0.717, 1.165) is 36.6 Å². The second-order valence-electron chi connectivity index (χ2n) is 8.81. The zero-order valence-electron chi connectivity index (χ0n) is 19.0. The average molecular weight is 489 g/mol. The number of nitrogens with zero attached hydrogens (tertiary/aromatic N) is 1. The molecule has 7 nitrogen and oxygen atoms in total. The topological polar surface area (TPSA) is 96.0 Å². The monoisotopic (exact) mass is 488 g/mol. The Morgan fingerprint density at radius 2 is 1.60 bits per heavy atom. The van der Waals surface area contributed by atoms with Gasteiger partial charge in [0, 0.05) is 51.5 Å². The lowest BCUT2D eigenvalue weighted by Crippen LogP contribution is -2.53. The van der Waals surface area contributed by atoms with Crippen molar-refractivity contribution in [3.8, 4) is 5.69 Å². The number of hydrogen-bond donors (Lipinski definition) is 3. The molecule has 1 aliphatic rings. The Labute approximate surface area is 207 Å². The van der Waals surface area contributed by atoms with Gasteiger partial charge in [-0.1, -0.05) is 30.5 Å². The predicted molar refractivity (Wildman–Crippen MR) is 136 cm³/mol. The quantitative estimate of drug-likeness (QED) is 0.387. The molecule has 8 heteroatoms. The fourth-order valence-corrected chi connectivity index (χ4v) is 4.79. The molecule has 0 saturated heterocycles.